The van der Waals surface area contributed by atoms with E-state index in [4.69, 9.17) is 8.43 Å². The maximum Gasteiger partial charge on any atom is 0.672 e. The molecule has 4 rings (SSSR count). The van der Waals surface area contributed by atoms with Crippen LogP contribution in [-0.2, 0) is 13.0 Å². The largest absolute Gasteiger partial charge is 0.672 e. The first-order valence-corrected chi connectivity index (χ1v) is 18.3. The van der Waals surface area contributed by atoms with Crippen LogP contribution in [0.3, 0.4) is 0 Å². The van der Waals surface area contributed by atoms with Crippen molar-refractivity contribution >= 4 is 26.3 Å². The molecule has 0 atom stereocenters. The van der Waals surface area contributed by atoms with Crippen molar-refractivity contribution < 1.29 is 13.0 Å². The molecule has 0 spiro atoms. The van der Waals surface area contributed by atoms with Gasteiger partial charge in [-0.05, 0) is 22.2 Å². The summed E-state index contributed by atoms with van der Waals surface area (Å²) in [5.41, 5.74) is 3.03. The van der Waals surface area contributed by atoms with Crippen molar-refractivity contribution in [1.82, 2.24) is 0 Å². The lowest BCUT2D eigenvalue weighted by Crippen LogP contribution is -2.34. The predicted octanol–water partition coefficient (Wildman–Crippen LogP) is 8.46. The molecule has 0 aromatic heterocycles. The van der Waals surface area contributed by atoms with E-state index in [-0.39, 0.29) is 0 Å². The second-order valence-corrected chi connectivity index (χ2v) is 18.7. The van der Waals surface area contributed by atoms with Crippen LogP contribution in [0.15, 0.2) is 0 Å². The van der Waals surface area contributed by atoms with Crippen molar-refractivity contribution in [2.24, 2.45) is 0 Å². The molecule has 6 heteroatoms. The molecule has 0 heterocycles. The van der Waals surface area contributed by atoms with Gasteiger partial charge in [0.15, 0.2) is 0 Å². The third-order valence-electron chi connectivity index (χ3n) is 8.87. The second kappa shape index (κ2) is 12.6. The highest BCUT2D eigenvalue weighted by atomic mass is 31.1. The van der Waals surface area contributed by atoms with E-state index in [2.05, 4.69) is 0 Å². The van der Waals surface area contributed by atoms with Crippen LogP contribution in [0.2, 0.25) is 22.2 Å². The molecule has 172 valence electrons. The van der Waals surface area contributed by atoms with E-state index < -0.39 is 26.3 Å². The van der Waals surface area contributed by atoms with Crippen LogP contribution in [0.5, 0.6) is 0 Å². The normalized spacial score (nSPS) is 26.5. The topological polar surface area (TPSA) is 35.5 Å². The second-order valence-electron chi connectivity index (χ2n) is 11.0. The van der Waals surface area contributed by atoms with Crippen molar-refractivity contribution in [1.29, 1.82) is 0 Å². The number of hydrogen-bond acceptors (Lipinski definition) is 3. The number of hydrogen-bond donors (Lipinski definition) is 0. The zero-order valence-corrected chi connectivity index (χ0v) is 22.5. The fourth-order valence-corrected chi connectivity index (χ4v) is 18.2. The summed E-state index contributed by atoms with van der Waals surface area (Å²) in [5.74, 6) is 0. The number of rotatable bonds is 8. The molecular formula is C24H46O3PSi2+. The molecule has 0 N–H and O–H groups in total. The first-order chi connectivity index (χ1) is 14.8. The van der Waals surface area contributed by atoms with E-state index >= 15 is 0 Å². The molecule has 4 aliphatic rings. The lowest BCUT2D eigenvalue weighted by atomic mass is 9.99. The average molecular weight is 470 g/mol. The Labute approximate surface area is 189 Å². The van der Waals surface area contributed by atoms with Gasteiger partial charge in [0.2, 0.25) is 0 Å². The van der Waals surface area contributed by atoms with Crippen LogP contribution in [0.25, 0.3) is 0 Å². The lowest BCUT2D eigenvalue weighted by Gasteiger charge is -2.34. The third-order valence-corrected chi connectivity index (χ3v) is 18.6. The van der Waals surface area contributed by atoms with E-state index in [0.29, 0.717) is 0 Å². The molecule has 0 saturated heterocycles. The van der Waals surface area contributed by atoms with Crippen molar-refractivity contribution in [3.05, 3.63) is 0 Å². The minimum atomic E-state index is -1.89. The Morgan fingerprint density at radius 3 is 0.900 bits per heavy atom. The van der Waals surface area contributed by atoms with Crippen LogP contribution >= 0.6 is 8.25 Å². The van der Waals surface area contributed by atoms with E-state index in [0.717, 1.165) is 22.2 Å². The SMILES string of the molecule is O=[P+](O[SiH](C1CCCCC1)C1CCCCC1)O[SiH](C1CCCCC1)C1CCCCC1. The van der Waals surface area contributed by atoms with Gasteiger partial charge < -0.3 is 0 Å². The monoisotopic (exact) mass is 469 g/mol. The molecule has 4 fully saturated rings. The van der Waals surface area contributed by atoms with Gasteiger partial charge in [-0.15, -0.1) is 0 Å². The minimum absolute atomic E-state index is 0.758. The Bertz CT molecular complexity index is 431. The Morgan fingerprint density at radius 1 is 0.433 bits per heavy atom. The predicted molar refractivity (Wildman–Crippen MR) is 131 cm³/mol. The fourth-order valence-electron chi connectivity index (χ4n) is 7.19. The first-order valence-electron chi connectivity index (χ1n) is 13.6. The summed E-state index contributed by atoms with van der Waals surface area (Å²) >= 11 is 0. The molecule has 0 unspecified atom stereocenters. The summed E-state index contributed by atoms with van der Waals surface area (Å²) in [7, 11) is -4.85. The molecule has 3 nitrogen and oxygen atoms in total. The standard InChI is InChI=1S/C24H46O3PSi2/c25-28(26-29(21-13-5-1-6-14-21)22-15-7-2-8-16-22)27-30(23-17-9-3-10-18-23)24-19-11-4-12-20-24/h21-24,29-30H,1-20H2/q+1. The molecule has 0 aliphatic heterocycles. The van der Waals surface area contributed by atoms with Crippen LogP contribution < -0.4 is 0 Å². The van der Waals surface area contributed by atoms with Gasteiger partial charge in [0.25, 0.3) is 18.1 Å². The average Bonchev–Trinajstić information content (AvgIpc) is 2.83. The molecule has 0 aromatic carbocycles. The van der Waals surface area contributed by atoms with Gasteiger partial charge in [-0.25, -0.2) is 0 Å². The molecule has 0 radical (unpaired) electrons. The molecule has 0 amide bonds. The van der Waals surface area contributed by atoms with Crippen molar-refractivity contribution in [3.63, 3.8) is 0 Å². The smallest absolute Gasteiger partial charge is 0.179 e. The summed E-state index contributed by atoms with van der Waals surface area (Å²) in [6, 6.07) is 0. The molecular weight excluding hydrogens is 423 g/mol. The van der Waals surface area contributed by atoms with Gasteiger partial charge in [0.1, 0.15) is 0 Å². The molecule has 0 aromatic rings. The van der Waals surface area contributed by atoms with Gasteiger partial charge >= 0.3 is 8.25 Å². The highest BCUT2D eigenvalue weighted by Gasteiger charge is 2.46. The zero-order chi connectivity index (χ0) is 20.6. The summed E-state index contributed by atoms with van der Waals surface area (Å²) in [6.07, 6.45) is 27.2. The Balaban J connectivity index is 1.41. The van der Waals surface area contributed by atoms with Crippen molar-refractivity contribution in [2.75, 3.05) is 0 Å². The summed E-state index contributed by atoms with van der Waals surface area (Å²) in [5, 5.41) is 0. The van der Waals surface area contributed by atoms with Crippen LogP contribution in [0.1, 0.15) is 128 Å². The first kappa shape index (κ1) is 23.6. The van der Waals surface area contributed by atoms with Gasteiger partial charge in [-0.1, -0.05) is 128 Å². The Morgan fingerprint density at radius 2 is 0.667 bits per heavy atom. The molecule has 4 aliphatic carbocycles. The summed E-state index contributed by atoms with van der Waals surface area (Å²) in [6.45, 7) is 0. The third kappa shape index (κ3) is 6.73. The quantitative estimate of drug-likeness (QED) is 0.264. The Kier molecular flexibility index (Phi) is 9.94. The Hall–Kier alpha value is 0.454. The van der Waals surface area contributed by atoms with E-state index in [9.17, 15) is 4.57 Å². The lowest BCUT2D eigenvalue weighted by molar-refractivity contribution is 0.356. The van der Waals surface area contributed by atoms with E-state index in [1.54, 1.807) is 0 Å². The van der Waals surface area contributed by atoms with Gasteiger partial charge in [0, 0.05) is 4.57 Å². The molecule has 30 heavy (non-hydrogen) atoms. The molecule has 0 bridgehead atoms. The maximum atomic E-state index is 13.4. The van der Waals surface area contributed by atoms with Crippen LogP contribution in [0.4, 0.5) is 0 Å². The highest BCUT2D eigenvalue weighted by Crippen LogP contribution is 2.49. The van der Waals surface area contributed by atoms with E-state index in [1.165, 1.54) is 128 Å². The van der Waals surface area contributed by atoms with Crippen molar-refractivity contribution in [3.8, 4) is 0 Å². The molecule has 4 saturated carbocycles. The van der Waals surface area contributed by atoms with E-state index in [1.807, 2.05) is 0 Å². The minimum Gasteiger partial charge on any atom is -0.179 e. The van der Waals surface area contributed by atoms with Gasteiger partial charge in [0.05, 0.1) is 0 Å². The van der Waals surface area contributed by atoms with Crippen molar-refractivity contribution in [2.45, 2.75) is 151 Å². The summed E-state index contributed by atoms with van der Waals surface area (Å²) < 4.78 is 26.6. The van der Waals surface area contributed by atoms with Gasteiger partial charge in [-0.3, -0.25) is 0 Å². The van der Waals surface area contributed by atoms with Crippen LogP contribution in [0, 0.1) is 0 Å². The van der Waals surface area contributed by atoms with Gasteiger partial charge in [-0.2, -0.15) is 8.43 Å². The highest BCUT2D eigenvalue weighted by molar-refractivity contribution is 7.37. The summed E-state index contributed by atoms with van der Waals surface area (Å²) in [4.78, 5) is 0. The zero-order valence-electron chi connectivity index (χ0n) is 19.3. The fraction of sp³-hybridized carbons (Fsp3) is 1.00. The maximum absolute atomic E-state index is 13.4. The van der Waals surface area contributed by atoms with Crippen LogP contribution in [-0.4, -0.2) is 18.1 Å².